The molecule has 0 aromatic heterocycles. The van der Waals surface area contributed by atoms with Gasteiger partial charge in [0.1, 0.15) is 12.1 Å². The first-order valence-electron chi connectivity index (χ1n) is 12.5. The van der Waals surface area contributed by atoms with Crippen LogP contribution in [0.25, 0.3) is 0 Å². The Kier molecular flexibility index (Phi) is 6.63. The Morgan fingerprint density at radius 1 is 1.06 bits per heavy atom. The molecule has 2 atom stereocenters. The molecule has 5 rings (SSSR count). The van der Waals surface area contributed by atoms with Gasteiger partial charge in [-0.15, -0.1) is 0 Å². The number of fused-ring (bicyclic) bond motifs is 1. The highest BCUT2D eigenvalue weighted by Crippen LogP contribution is 2.45. The standard InChI is InChI=1S/C27H34N4O4/c1-26(34)12-15-30(16-13-26)17-14-29-24(32)22-18-28-19-23-25(33)35-27(31(22)23,20-8-4-2-5-9-20)21-10-6-3-7-11-21/h2-11,22-23,28,34H,12-19H2,1H3,(H,29,32). The monoisotopic (exact) mass is 478 g/mol. The van der Waals surface area contributed by atoms with Crippen LogP contribution in [0.1, 0.15) is 30.9 Å². The third-order valence-electron chi connectivity index (χ3n) is 7.52. The number of cyclic esters (lactones) is 1. The van der Waals surface area contributed by atoms with Gasteiger partial charge in [-0.1, -0.05) is 60.7 Å². The second-order valence-corrected chi connectivity index (χ2v) is 10.0. The lowest BCUT2D eigenvalue weighted by Gasteiger charge is -2.44. The summed E-state index contributed by atoms with van der Waals surface area (Å²) in [4.78, 5) is 30.9. The van der Waals surface area contributed by atoms with Crippen molar-refractivity contribution < 1.29 is 19.4 Å². The van der Waals surface area contributed by atoms with Gasteiger partial charge in [-0.05, 0) is 19.8 Å². The number of esters is 1. The van der Waals surface area contributed by atoms with E-state index in [1.54, 1.807) is 0 Å². The summed E-state index contributed by atoms with van der Waals surface area (Å²) in [6.45, 7) is 5.59. The van der Waals surface area contributed by atoms with Gasteiger partial charge in [0.15, 0.2) is 0 Å². The summed E-state index contributed by atoms with van der Waals surface area (Å²) in [5.41, 5.74) is -0.125. The van der Waals surface area contributed by atoms with E-state index in [1.807, 2.05) is 72.5 Å². The molecule has 2 unspecified atom stereocenters. The molecule has 1 amide bonds. The molecule has 3 saturated heterocycles. The Hall–Kier alpha value is -2.78. The molecule has 3 aliphatic heterocycles. The van der Waals surface area contributed by atoms with Crippen LogP contribution in [-0.4, -0.2) is 83.7 Å². The van der Waals surface area contributed by atoms with Crippen molar-refractivity contribution in [3.8, 4) is 0 Å². The first-order valence-corrected chi connectivity index (χ1v) is 12.5. The maximum atomic E-state index is 13.5. The highest BCUT2D eigenvalue weighted by atomic mass is 16.6. The second-order valence-electron chi connectivity index (χ2n) is 10.0. The molecule has 8 heteroatoms. The van der Waals surface area contributed by atoms with Gasteiger partial charge in [-0.25, -0.2) is 4.90 Å². The number of rotatable bonds is 6. The van der Waals surface area contributed by atoms with Gasteiger partial charge in [0.2, 0.25) is 11.6 Å². The van der Waals surface area contributed by atoms with E-state index >= 15 is 0 Å². The average Bonchev–Trinajstić information content (AvgIpc) is 3.19. The van der Waals surface area contributed by atoms with Crippen molar-refractivity contribution in [3.05, 3.63) is 71.8 Å². The number of carbonyl (C=O) groups excluding carboxylic acids is 2. The van der Waals surface area contributed by atoms with Crippen molar-refractivity contribution in [1.29, 1.82) is 0 Å². The molecule has 3 fully saturated rings. The Labute approximate surface area is 206 Å². The molecule has 3 N–H and O–H groups in total. The van der Waals surface area contributed by atoms with Crippen LogP contribution in [0, 0.1) is 0 Å². The zero-order valence-corrected chi connectivity index (χ0v) is 20.2. The van der Waals surface area contributed by atoms with Crippen molar-refractivity contribution in [2.24, 2.45) is 0 Å². The van der Waals surface area contributed by atoms with Gasteiger partial charge >= 0.3 is 5.97 Å². The fourth-order valence-corrected chi connectivity index (χ4v) is 5.52. The fraction of sp³-hybridized carbons (Fsp3) is 0.481. The molecule has 2 aromatic rings. The second kappa shape index (κ2) is 9.70. The van der Waals surface area contributed by atoms with Gasteiger partial charge in [0.25, 0.3) is 0 Å². The van der Waals surface area contributed by atoms with Crippen molar-refractivity contribution in [1.82, 2.24) is 20.4 Å². The molecule has 0 aliphatic carbocycles. The van der Waals surface area contributed by atoms with Crippen LogP contribution in [-0.2, 0) is 20.1 Å². The van der Waals surface area contributed by atoms with Gasteiger partial charge in [0, 0.05) is 50.4 Å². The first-order chi connectivity index (χ1) is 16.9. The fourth-order valence-electron chi connectivity index (χ4n) is 5.52. The number of nitrogens with one attached hydrogen (secondary N) is 2. The minimum absolute atomic E-state index is 0.124. The number of carbonyl (C=O) groups is 2. The topological polar surface area (TPSA) is 94.1 Å². The number of piperidine rings is 1. The maximum absolute atomic E-state index is 13.5. The third kappa shape index (κ3) is 4.59. The minimum Gasteiger partial charge on any atom is -0.434 e. The van der Waals surface area contributed by atoms with Crippen LogP contribution in [0.2, 0.25) is 0 Å². The summed E-state index contributed by atoms with van der Waals surface area (Å²) >= 11 is 0. The van der Waals surface area contributed by atoms with E-state index in [-0.39, 0.29) is 11.9 Å². The van der Waals surface area contributed by atoms with Crippen molar-refractivity contribution in [2.45, 2.75) is 43.2 Å². The molecule has 2 aromatic carbocycles. The van der Waals surface area contributed by atoms with Crippen LogP contribution in [0.4, 0.5) is 0 Å². The van der Waals surface area contributed by atoms with Gasteiger partial charge in [-0.2, -0.15) is 0 Å². The Balaban J connectivity index is 1.39. The molecule has 8 nitrogen and oxygen atoms in total. The molecule has 0 radical (unpaired) electrons. The molecule has 35 heavy (non-hydrogen) atoms. The SMILES string of the molecule is CC1(O)CCN(CCNC(=O)C2CNCC3C(=O)OC(c4ccccc4)(c4ccccc4)N23)CC1. The molecule has 3 heterocycles. The predicted molar refractivity (Wildman–Crippen MR) is 131 cm³/mol. The molecule has 3 aliphatic rings. The van der Waals surface area contributed by atoms with E-state index in [4.69, 9.17) is 4.74 Å². The van der Waals surface area contributed by atoms with E-state index in [9.17, 15) is 14.7 Å². The molecule has 0 bridgehead atoms. The molecular formula is C27H34N4O4. The van der Waals surface area contributed by atoms with Gasteiger partial charge in [-0.3, -0.25) is 9.59 Å². The Bertz CT molecular complexity index is 996. The number of hydrogen-bond donors (Lipinski definition) is 3. The lowest BCUT2D eigenvalue weighted by Crippen LogP contribution is -2.66. The Morgan fingerprint density at radius 3 is 2.26 bits per heavy atom. The highest BCUT2D eigenvalue weighted by Gasteiger charge is 2.60. The summed E-state index contributed by atoms with van der Waals surface area (Å²) in [5.74, 6) is -0.455. The summed E-state index contributed by atoms with van der Waals surface area (Å²) in [6, 6.07) is 18.2. The van der Waals surface area contributed by atoms with Crippen molar-refractivity contribution in [3.63, 3.8) is 0 Å². The third-order valence-corrected chi connectivity index (χ3v) is 7.52. The summed E-state index contributed by atoms with van der Waals surface area (Å²) in [6.07, 6.45) is 1.47. The van der Waals surface area contributed by atoms with Gasteiger partial charge < -0.3 is 25.4 Å². The predicted octanol–water partition coefficient (Wildman–Crippen LogP) is 1.05. The molecule has 0 spiro atoms. The molecule has 186 valence electrons. The zero-order valence-electron chi connectivity index (χ0n) is 20.2. The minimum atomic E-state index is -1.17. The Morgan fingerprint density at radius 2 is 1.66 bits per heavy atom. The van der Waals surface area contributed by atoms with Crippen LogP contribution >= 0.6 is 0 Å². The van der Waals surface area contributed by atoms with Crippen molar-refractivity contribution in [2.75, 3.05) is 39.3 Å². The number of likely N-dealkylation sites (tertiary alicyclic amines) is 1. The van der Waals surface area contributed by atoms with Crippen LogP contribution in [0.3, 0.4) is 0 Å². The summed E-state index contributed by atoms with van der Waals surface area (Å²) in [5, 5.41) is 16.5. The van der Waals surface area contributed by atoms with E-state index < -0.39 is 23.4 Å². The maximum Gasteiger partial charge on any atom is 0.327 e. The number of amides is 1. The number of aliphatic hydroxyl groups is 1. The summed E-state index contributed by atoms with van der Waals surface area (Å²) < 4.78 is 6.20. The van der Waals surface area contributed by atoms with E-state index in [1.165, 1.54) is 0 Å². The van der Waals surface area contributed by atoms with Crippen molar-refractivity contribution >= 4 is 11.9 Å². The highest BCUT2D eigenvalue weighted by molar-refractivity contribution is 5.86. The first kappa shape index (κ1) is 23.9. The van der Waals surface area contributed by atoms with Crippen LogP contribution < -0.4 is 10.6 Å². The lowest BCUT2D eigenvalue weighted by atomic mass is 9.90. The molecule has 0 saturated carbocycles. The van der Waals surface area contributed by atoms with E-state index in [2.05, 4.69) is 15.5 Å². The van der Waals surface area contributed by atoms with E-state index in [0.29, 0.717) is 19.6 Å². The number of nitrogens with zero attached hydrogens (tertiary/aromatic N) is 2. The number of benzene rings is 2. The number of piperazine rings is 1. The summed E-state index contributed by atoms with van der Waals surface area (Å²) in [7, 11) is 0. The zero-order chi connectivity index (χ0) is 24.5. The number of ether oxygens (including phenoxy) is 1. The lowest BCUT2D eigenvalue weighted by molar-refractivity contribution is -0.153. The quantitative estimate of drug-likeness (QED) is 0.535. The van der Waals surface area contributed by atoms with Gasteiger partial charge in [0.05, 0.1) is 5.60 Å². The van der Waals surface area contributed by atoms with E-state index in [0.717, 1.165) is 43.6 Å². The normalized spacial score (nSPS) is 26.1. The molecular weight excluding hydrogens is 444 g/mol. The largest absolute Gasteiger partial charge is 0.434 e. The van der Waals surface area contributed by atoms with Crippen LogP contribution in [0.15, 0.2) is 60.7 Å². The smallest absolute Gasteiger partial charge is 0.327 e. The number of hydrogen-bond acceptors (Lipinski definition) is 7. The average molecular weight is 479 g/mol. The van der Waals surface area contributed by atoms with Crippen LogP contribution in [0.5, 0.6) is 0 Å².